The minimum absolute atomic E-state index is 0.169. The monoisotopic (exact) mass is 364 g/mol. The summed E-state index contributed by atoms with van der Waals surface area (Å²) in [7, 11) is 0. The van der Waals surface area contributed by atoms with E-state index in [4.69, 9.17) is 0 Å². The predicted octanol–water partition coefficient (Wildman–Crippen LogP) is 3.59. The number of rotatable bonds is 3. The van der Waals surface area contributed by atoms with Crippen LogP contribution in [0.2, 0.25) is 0 Å². The van der Waals surface area contributed by atoms with Crippen LogP contribution >= 0.6 is 0 Å². The Bertz CT molecular complexity index is 1080. The number of hydrogen-bond acceptors (Lipinski definition) is 4. The van der Waals surface area contributed by atoms with Crippen molar-refractivity contribution >= 4 is 22.6 Å². The van der Waals surface area contributed by atoms with Crippen LogP contribution < -0.4 is 10.3 Å². The van der Waals surface area contributed by atoms with Crippen LogP contribution in [0.3, 0.4) is 0 Å². The Morgan fingerprint density at radius 2 is 1.78 bits per heavy atom. The normalized spacial score (nSPS) is 14.4. The van der Waals surface area contributed by atoms with Crippen molar-refractivity contribution < 1.29 is 15.0 Å². The minimum atomic E-state index is -1.03. The van der Waals surface area contributed by atoms with Gasteiger partial charge in [-0.2, -0.15) is 0 Å². The number of aromatic hydroxyl groups is 1. The molecule has 2 heterocycles. The number of piperidine rings is 1. The van der Waals surface area contributed by atoms with E-state index in [9.17, 15) is 19.8 Å². The second-order valence-corrected chi connectivity index (χ2v) is 6.81. The number of aromatic nitrogens is 1. The lowest BCUT2D eigenvalue weighted by atomic mass is 10.0. The van der Waals surface area contributed by atoms with Gasteiger partial charge in [0.05, 0.1) is 16.9 Å². The SMILES string of the molecule is O=C(O)c1cc(-c2[nH]c3ccccc3c(=O)c2O)ccc1N1CCCCC1. The molecule has 1 fully saturated rings. The first kappa shape index (κ1) is 17.1. The summed E-state index contributed by atoms with van der Waals surface area (Å²) in [5, 5.41) is 20.5. The van der Waals surface area contributed by atoms with E-state index in [1.54, 1.807) is 36.4 Å². The second-order valence-electron chi connectivity index (χ2n) is 6.81. The molecule has 138 valence electrons. The summed E-state index contributed by atoms with van der Waals surface area (Å²) in [4.78, 5) is 29.5. The van der Waals surface area contributed by atoms with Gasteiger partial charge in [-0.3, -0.25) is 4.79 Å². The lowest BCUT2D eigenvalue weighted by Crippen LogP contribution is -2.30. The van der Waals surface area contributed by atoms with Crippen LogP contribution in [0.15, 0.2) is 47.3 Å². The zero-order valence-corrected chi connectivity index (χ0v) is 14.7. The molecule has 0 unspecified atom stereocenters. The van der Waals surface area contributed by atoms with Gasteiger partial charge in [0.1, 0.15) is 0 Å². The maximum absolute atomic E-state index is 12.5. The minimum Gasteiger partial charge on any atom is -0.503 e. The molecule has 0 radical (unpaired) electrons. The number of carbonyl (C=O) groups is 1. The number of benzene rings is 2. The molecule has 3 aromatic rings. The molecule has 0 amide bonds. The number of nitrogens with one attached hydrogen (secondary N) is 1. The molecule has 1 saturated heterocycles. The molecule has 1 aromatic heterocycles. The van der Waals surface area contributed by atoms with Crippen molar-refractivity contribution in [3.05, 3.63) is 58.3 Å². The number of hydrogen-bond donors (Lipinski definition) is 3. The second kappa shape index (κ2) is 6.79. The lowest BCUT2D eigenvalue weighted by molar-refractivity contribution is 0.0697. The van der Waals surface area contributed by atoms with Crippen molar-refractivity contribution in [3.63, 3.8) is 0 Å². The van der Waals surface area contributed by atoms with Gasteiger partial charge in [-0.25, -0.2) is 4.79 Å². The fourth-order valence-electron chi connectivity index (χ4n) is 3.71. The van der Waals surface area contributed by atoms with Gasteiger partial charge in [0.15, 0.2) is 5.75 Å². The number of H-pyrrole nitrogens is 1. The van der Waals surface area contributed by atoms with Crippen molar-refractivity contribution in [2.45, 2.75) is 19.3 Å². The first-order chi connectivity index (χ1) is 13.1. The van der Waals surface area contributed by atoms with E-state index in [1.807, 2.05) is 0 Å². The van der Waals surface area contributed by atoms with Crippen molar-refractivity contribution in [2.75, 3.05) is 18.0 Å². The van der Waals surface area contributed by atoms with E-state index in [0.29, 0.717) is 22.2 Å². The number of nitrogens with zero attached hydrogens (tertiary/aromatic N) is 1. The molecule has 0 saturated carbocycles. The third-order valence-electron chi connectivity index (χ3n) is 5.10. The zero-order valence-electron chi connectivity index (χ0n) is 14.7. The highest BCUT2D eigenvalue weighted by atomic mass is 16.4. The van der Waals surface area contributed by atoms with E-state index >= 15 is 0 Å². The van der Waals surface area contributed by atoms with Gasteiger partial charge in [0.2, 0.25) is 5.43 Å². The Morgan fingerprint density at radius 1 is 1.04 bits per heavy atom. The van der Waals surface area contributed by atoms with Crippen LogP contribution in [0, 0.1) is 0 Å². The van der Waals surface area contributed by atoms with Gasteiger partial charge < -0.3 is 20.1 Å². The van der Waals surface area contributed by atoms with Crippen molar-refractivity contribution in [1.82, 2.24) is 4.98 Å². The predicted molar refractivity (Wildman–Crippen MR) is 105 cm³/mol. The summed E-state index contributed by atoms with van der Waals surface area (Å²) in [5.74, 6) is -1.43. The number of fused-ring (bicyclic) bond motifs is 1. The van der Waals surface area contributed by atoms with Gasteiger partial charge in [-0.15, -0.1) is 0 Å². The highest BCUT2D eigenvalue weighted by Crippen LogP contribution is 2.32. The van der Waals surface area contributed by atoms with Crippen molar-refractivity contribution in [2.24, 2.45) is 0 Å². The molecule has 1 aliphatic heterocycles. The van der Waals surface area contributed by atoms with Gasteiger partial charge in [0, 0.05) is 29.6 Å². The number of carboxylic acid groups (broad SMARTS) is 1. The molecule has 0 bridgehead atoms. The number of para-hydroxylation sites is 1. The summed E-state index contributed by atoms with van der Waals surface area (Å²) >= 11 is 0. The molecule has 2 aromatic carbocycles. The molecule has 3 N–H and O–H groups in total. The third kappa shape index (κ3) is 3.03. The molecule has 6 heteroatoms. The van der Waals surface area contributed by atoms with Crippen LogP contribution in [0.4, 0.5) is 5.69 Å². The van der Waals surface area contributed by atoms with Gasteiger partial charge >= 0.3 is 5.97 Å². The van der Waals surface area contributed by atoms with Gasteiger partial charge in [-0.05, 0) is 43.5 Å². The Morgan fingerprint density at radius 3 is 2.52 bits per heavy atom. The number of pyridine rings is 1. The van der Waals surface area contributed by atoms with E-state index < -0.39 is 17.1 Å². The Balaban J connectivity index is 1.86. The maximum Gasteiger partial charge on any atom is 0.337 e. The average molecular weight is 364 g/mol. The quantitative estimate of drug-likeness (QED) is 0.660. The zero-order chi connectivity index (χ0) is 19.0. The molecule has 0 aliphatic carbocycles. The average Bonchev–Trinajstić information content (AvgIpc) is 2.71. The van der Waals surface area contributed by atoms with E-state index in [2.05, 4.69) is 9.88 Å². The number of aromatic amines is 1. The van der Waals surface area contributed by atoms with Crippen molar-refractivity contribution in [1.29, 1.82) is 0 Å². The summed E-state index contributed by atoms with van der Waals surface area (Å²) in [6.07, 6.45) is 3.24. The Kier molecular flexibility index (Phi) is 4.32. The molecular formula is C21H20N2O4. The van der Waals surface area contributed by atoms with E-state index in [-0.39, 0.29) is 11.3 Å². The smallest absolute Gasteiger partial charge is 0.337 e. The maximum atomic E-state index is 12.5. The lowest BCUT2D eigenvalue weighted by Gasteiger charge is -2.30. The van der Waals surface area contributed by atoms with Crippen LogP contribution in [0.5, 0.6) is 5.75 Å². The molecule has 1 aliphatic rings. The van der Waals surface area contributed by atoms with Crippen LogP contribution in [-0.2, 0) is 0 Å². The largest absolute Gasteiger partial charge is 0.503 e. The topological polar surface area (TPSA) is 93.6 Å². The van der Waals surface area contributed by atoms with Crippen LogP contribution in [-0.4, -0.2) is 34.3 Å². The van der Waals surface area contributed by atoms with Gasteiger partial charge in [-0.1, -0.05) is 18.2 Å². The highest BCUT2D eigenvalue weighted by molar-refractivity contribution is 5.96. The Hall–Kier alpha value is -3.28. The first-order valence-corrected chi connectivity index (χ1v) is 9.03. The molecule has 6 nitrogen and oxygen atoms in total. The third-order valence-corrected chi connectivity index (χ3v) is 5.10. The summed E-state index contributed by atoms with van der Waals surface area (Å²) in [6.45, 7) is 1.66. The molecule has 4 rings (SSSR count). The number of aromatic carboxylic acids is 1. The van der Waals surface area contributed by atoms with Crippen molar-refractivity contribution in [3.8, 4) is 17.0 Å². The number of anilines is 1. The molecule has 0 atom stereocenters. The standard InChI is InChI=1S/C21H20N2O4/c24-19-14-6-2-3-7-16(14)22-18(20(19)25)13-8-9-17(15(12-13)21(26)27)23-10-4-1-5-11-23/h2-3,6-9,12,25H,1,4-5,10-11H2,(H,22,24)(H,26,27). The fraction of sp³-hybridized carbons (Fsp3) is 0.238. The summed E-state index contributed by atoms with van der Waals surface area (Å²) < 4.78 is 0. The highest BCUT2D eigenvalue weighted by Gasteiger charge is 2.20. The van der Waals surface area contributed by atoms with Gasteiger partial charge in [0.25, 0.3) is 0 Å². The molecule has 27 heavy (non-hydrogen) atoms. The molecular weight excluding hydrogens is 344 g/mol. The van der Waals surface area contributed by atoms with Crippen LogP contribution in [0.1, 0.15) is 29.6 Å². The molecule has 0 spiro atoms. The summed E-state index contributed by atoms with van der Waals surface area (Å²) in [5.41, 5.74) is 1.65. The Labute approximate surface area is 155 Å². The van der Waals surface area contributed by atoms with E-state index in [1.165, 1.54) is 6.07 Å². The number of carboxylic acids is 1. The van der Waals surface area contributed by atoms with E-state index in [0.717, 1.165) is 32.4 Å². The van der Waals surface area contributed by atoms with Crippen LogP contribution in [0.25, 0.3) is 22.2 Å². The summed E-state index contributed by atoms with van der Waals surface area (Å²) in [6, 6.07) is 11.9. The fourth-order valence-corrected chi connectivity index (χ4v) is 3.71. The first-order valence-electron chi connectivity index (χ1n) is 9.03.